The molecule has 0 bridgehead atoms. The number of carbonyl (C=O) groups is 2. The number of carbonyl (C=O) groups excluding carboxylic acids is 2. The van der Waals surface area contributed by atoms with Crippen molar-refractivity contribution in [2.24, 2.45) is 0 Å². The number of tetrazole rings is 1. The molecule has 1 N–H and O–H groups in total. The first kappa shape index (κ1) is 18.4. The topological polar surface area (TPSA) is 142 Å². The number of hydrogen-bond acceptors (Lipinski definition) is 10. The maximum atomic E-state index is 13.3. The Bertz CT molecular complexity index is 1150. The number of ketones is 1. The van der Waals surface area contributed by atoms with E-state index < -0.39 is 22.7 Å². The van der Waals surface area contributed by atoms with Crippen LogP contribution in [0.5, 0.6) is 0 Å². The molecular formula is C17H12N6O5S. The summed E-state index contributed by atoms with van der Waals surface area (Å²) in [5, 5.41) is 27.0. The zero-order valence-electron chi connectivity index (χ0n) is 14.8. The molecule has 0 saturated carbocycles. The predicted molar refractivity (Wildman–Crippen MR) is 100 cm³/mol. The zero-order chi connectivity index (χ0) is 20.5. The number of fused-ring (bicyclic) bond motifs is 1. The molecule has 1 aliphatic heterocycles. The van der Waals surface area contributed by atoms with Crippen molar-refractivity contribution in [1.82, 2.24) is 20.2 Å². The second kappa shape index (κ2) is 7.24. The van der Waals surface area contributed by atoms with Gasteiger partial charge >= 0.3 is 5.97 Å². The van der Waals surface area contributed by atoms with Crippen LogP contribution in [0.15, 0.2) is 53.0 Å². The Morgan fingerprint density at radius 1 is 1.31 bits per heavy atom. The van der Waals surface area contributed by atoms with Crippen LogP contribution < -0.4 is 5.32 Å². The van der Waals surface area contributed by atoms with Gasteiger partial charge < -0.3 is 10.1 Å². The fraction of sp³-hybridized carbons (Fsp3) is 0.118. The molecule has 3 aromatic rings. The van der Waals surface area contributed by atoms with Gasteiger partial charge in [0.1, 0.15) is 11.7 Å². The van der Waals surface area contributed by atoms with E-state index in [9.17, 15) is 19.7 Å². The number of aromatic nitrogens is 4. The number of non-ortho nitro benzene ring substituents is 1. The average molecular weight is 412 g/mol. The number of anilines is 1. The van der Waals surface area contributed by atoms with E-state index in [1.165, 1.54) is 41.3 Å². The Kier molecular flexibility index (Phi) is 4.60. The fourth-order valence-electron chi connectivity index (χ4n) is 3.05. The Morgan fingerprint density at radius 3 is 2.83 bits per heavy atom. The maximum Gasteiger partial charge on any atom is 0.355 e. The van der Waals surface area contributed by atoms with Gasteiger partial charge in [0.15, 0.2) is 0 Å². The van der Waals surface area contributed by atoms with E-state index in [0.29, 0.717) is 10.4 Å². The van der Waals surface area contributed by atoms with E-state index in [-0.39, 0.29) is 22.9 Å². The van der Waals surface area contributed by atoms with Gasteiger partial charge in [0.05, 0.1) is 22.5 Å². The van der Waals surface area contributed by atoms with Crippen molar-refractivity contribution in [3.05, 3.63) is 73.6 Å². The highest BCUT2D eigenvalue weighted by Crippen LogP contribution is 2.38. The summed E-state index contributed by atoms with van der Waals surface area (Å²) in [7, 11) is 1.18. The number of esters is 1. The third kappa shape index (κ3) is 3.14. The van der Waals surface area contributed by atoms with Gasteiger partial charge in [-0.05, 0) is 27.4 Å². The lowest BCUT2D eigenvalue weighted by molar-refractivity contribution is -0.384. The van der Waals surface area contributed by atoms with Gasteiger partial charge in [-0.2, -0.15) is 4.68 Å². The van der Waals surface area contributed by atoms with Gasteiger partial charge in [0, 0.05) is 12.1 Å². The van der Waals surface area contributed by atoms with E-state index in [2.05, 4.69) is 20.8 Å². The summed E-state index contributed by atoms with van der Waals surface area (Å²) >= 11 is 1.20. The summed E-state index contributed by atoms with van der Waals surface area (Å²) in [5.74, 6) is -1.12. The number of nitrogens with one attached hydrogen (secondary N) is 1. The van der Waals surface area contributed by atoms with Crippen LogP contribution in [-0.2, 0) is 9.53 Å². The Balaban J connectivity index is 1.97. The summed E-state index contributed by atoms with van der Waals surface area (Å²) in [6.07, 6.45) is 0. The van der Waals surface area contributed by atoms with Crippen LogP contribution in [0, 0.1) is 10.1 Å². The molecule has 0 fully saturated rings. The first-order chi connectivity index (χ1) is 14.0. The third-order valence-corrected chi connectivity index (χ3v) is 5.16. The van der Waals surface area contributed by atoms with Gasteiger partial charge in [0.2, 0.25) is 11.7 Å². The number of methoxy groups -OCH3 is 1. The zero-order valence-corrected chi connectivity index (χ0v) is 15.6. The SMILES string of the molecule is COC(=O)C1=C(C(=O)c2cccs2)[C@H](c2cccc([N+](=O)[O-])c2)n2nnnc2N1. The minimum Gasteiger partial charge on any atom is -0.464 e. The molecule has 0 saturated heterocycles. The molecule has 1 atom stereocenters. The highest BCUT2D eigenvalue weighted by Gasteiger charge is 2.39. The number of thiophene rings is 1. The summed E-state index contributed by atoms with van der Waals surface area (Å²) in [4.78, 5) is 36.9. The molecule has 1 aliphatic rings. The summed E-state index contributed by atoms with van der Waals surface area (Å²) in [5.41, 5.74) is 0.109. The monoisotopic (exact) mass is 412 g/mol. The number of nitro groups is 1. The van der Waals surface area contributed by atoms with Crippen molar-refractivity contribution < 1.29 is 19.2 Å². The first-order valence-corrected chi connectivity index (χ1v) is 9.09. The van der Waals surface area contributed by atoms with Crippen LogP contribution in [0.2, 0.25) is 0 Å². The van der Waals surface area contributed by atoms with Crippen molar-refractivity contribution in [1.29, 1.82) is 0 Å². The standard InChI is InChI=1S/C17H12N6O5S/c1-28-16(25)13-12(15(24)11-6-3-7-29-11)14(22-17(18-13)19-20-21-22)9-4-2-5-10(8-9)23(26)27/h2-8,14H,1H3,(H,18,19,21)/t14-/m0/s1. The van der Waals surface area contributed by atoms with Crippen LogP contribution in [-0.4, -0.2) is 44.0 Å². The molecule has 146 valence electrons. The largest absolute Gasteiger partial charge is 0.464 e. The molecule has 0 unspecified atom stereocenters. The molecule has 3 heterocycles. The Labute approximate surface area is 166 Å². The normalized spacial score (nSPS) is 15.4. The van der Waals surface area contributed by atoms with Crippen molar-refractivity contribution in [3.8, 4) is 0 Å². The summed E-state index contributed by atoms with van der Waals surface area (Å²) in [6, 6.07) is 8.10. The van der Waals surface area contributed by atoms with Gasteiger partial charge in [-0.15, -0.1) is 11.3 Å². The fourth-order valence-corrected chi connectivity index (χ4v) is 3.72. The number of rotatable bonds is 5. The van der Waals surface area contributed by atoms with Crippen LogP contribution in [0.25, 0.3) is 0 Å². The van der Waals surface area contributed by atoms with Crippen molar-refractivity contribution in [2.75, 3.05) is 12.4 Å². The molecule has 12 heteroatoms. The minimum absolute atomic E-state index is 0.0274. The lowest BCUT2D eigenvalue weighted by Gasteiger charge is -2.27. The van der Waals surface area contributed by atoms with Crippen LogP contribution in [0.3, 0.4) is 0 Å². The molecule has 1 aromatic carbocycles. The predicted octanol–water partition coefficient (Wildman–Crippen LogP) is 1.97. The minimum atomic E-state index is -0.968. The number of allylic oxidation sites excluding steroid dienone is 1. The smallest absolute Gasteiger partial charge is 0.355 e. The number of ether oxygens (including phenoxy) is 1. The number of nitrogens with zero attached hydrogens (tertiary/aromatic N) is 5. The van der Waals surface area contributed by atoms with E-state index in [0.717, 1.165) is 0 Å². The summed E-state index contributed by atoms with van der Waals surface area (Å²) < 4.78 is 6.13. The number of Topliss-reactive ketones (excluding diaryl/α,β-unsaturated/α-hetero) is 1. The van der Waals surface area contributed by atoms with Crippen LogP contribution in [0.4, 0.5) is 11.6 Å². The number of nitro benzene ring substituents is 1. The van der Waals surface area contributed by atoms with Gasteiger partial charge in [0.25, 0.3) is 5.69 Å². The van der Waals surface area contributed by atoms with E-state index in [4.69, 9.17) is 4.74 Å². The molecule has 11 nitrogen and oxygen atoms in total. The molecule has 0 spiro atoms. The van der Waals surface area contributed by atoms with E-state index >= 15 is 0 Å². The summed E-state index contributed by atoms with van der Waals surface area (Å²) in [6.45, 7) is 0. The van der Waals surface area contributed by atoms with Gasteiger partial charge in [-0.3, -0.25) is 14.9 Å². The molecule has 0 amide bonds. The van der Waals surface area contributed by atoms with Gasteiger partial charge in [-0.25, -0.2) is 4.79 Å². The lowest BCUT2D eigenvalue weighted by atomic mass is 9.91. The highest BCUT2D eigenvalue weighted by atomic mass is 32.1. The van der Waals surface area contributed by atoms with Crippen molar-refractivity contribution in [2.45, 2.75) is 6.04 Å². The average Bonchev–Trinajstić information content (AvgIpc) is 3.43. The Hall–Kier alpha value is -3.93. The van der Waals surface area contributed by atoms with Gasteiger partial charge in [-0.1, -0.05) is 23.3 Å². The lowest BCUT2D eigenvalue weighted by Crippen LogP contribution is -2.32. The number of benzene rings is 1. The third-order valence-electron chi connectivity index (χ3n) is 4.29. The number of hydrogen-bond donors (Lipinski definition) is 1. The van der Waals surface area contributed by atoms with Crippen molar-refractivity contribution >= 4 is 34.7 Å². The molecule has 2 aromatic heterocycles. The quantitative estimate of drug-likeness (QED) is 0.288. The van der Waals surface area contributed by atoms with E-state index in [1.807, 2.05) is 0 Å². The maximum absolute atomic E-state index is 13.3. The molecule has 29 heavy (non-hydrogen) atoms. The second-order valence-electron chi connectivity index (χ2n) is 5.91. The highest BCUT2D eigenvalue weighted by molar-refractivity contribution is 7.12. The molecule has 4 rings (SSSR count). The van der Waals surface area contributed by atoms with E-state index in [1.54, 1.807) is 23.6 Å². The Morgan fingerprint density at radius 2 is 2.14 bits per heavy atom. The second-order valence-corrected chi connectivity index (χ2v) is 6.86. The van der Waals surface area contributed by atoms with Crippen molar-refractivity contribution in [3.63, 3.8) is 0 Å². The molecular weight excluding hydrogens is 400 g/mol. The first-order valence-electron chi connectivity index (χ1n) is 8.21. The van der Waals surface area contributed by atoms with Crippen LogP contribution in [0.1, 0.15) is 21.3 Å². The molecule has 0 aliphatic carbocycles. The molecule has 0 radical (unpaired) electrons. The van der Waals surface area contributed by atoms with Crippen LogP contribution >= 0.6 is 11.3 Å².